The maximum Gasteiger partial charge on any atom is 0.337 e. The first-order valence-electron chi connectivity index (χ1n) is 11.7. The molecule has 1 aliphatic rings. The summed E-state index contributed by atoms with van der Waals surface area (Å²) in [6, 6.07) is 12.0. The first kappa shape index (κ1) is 23.7. The van der Waals surface area contributed by atoms with E-state index < -0.39 is 5.97 Å². The topological polar surface area (TPSA) is 86.0 Å². The first-order valence-corrected chi connectivity index (χ1v) is 11.7. The Kier molecular flexibility index (Phi) is 6.30. The predicted molar refractivity (Wildman–Crippen MR) is 137 cm³/mol. The summed E-state index contributed by atoms with van der Waals surface area (Å²) in [5, 5.41) is 13.4. The molecule has 0 spiro atoms. The molecule has 2 aromatic carbocycles. The zero-order chi connectivity index (χ0) is 24.6. The molecule has 1 atom stereocenters. The van der Waals surface area contributed by atoms with Crippen LogP contribution in [0.15, 0.2) is 51.7 Å². The Hall–Kier alpha value is -3.48. The quantitative estimate of drug-likeness (QED) is 0.509. The van der Waals surface area contributed by atoms with Gasteiger partial charge in [-0.2, -0.15) is 0 Å². The van der Waals surface area contributed by atoms with Gasteiger partial charge in [-0.1, -0.05) is 26.0 Å². The van der Waals surface area contributed by atoms with Gasteiger partial charge in [-0.05, 0) is 49.4 Å². The number of hydrogen-bond acceptors (Lipinski definition) is 6. The number of carboxylic acids is 1. The summed E-state index contributed by atoms with van der Waals surface area (Å²) in [5.74, 6) is -0.408. The maximum absolute atomic E-state index is 13.2. The van der Waals surface area contributed by atoms with E-state index in [1.165, 1.54) is 0 Å². The molecule has 0 radical (unpaired) electrons. The van der Waals surface area contributed by atoms with E-state index in [2.05, 4.69) is 24.1 Å². The Morgan fingerprint density at radius 2 is 1.82 bits per heavy atom. The van der Waals surface area contributed by atoms with Crippen LogP contribution in [0.25, 0.3) is 11.0 Å². The fourth-order valence-corrected chi connectivity index (χ4v) is 4.43. The predicted octanol–water partition coefficient (Wildman–Crippen LogP) is 5.36. The van der Waals surface area contributed by atoms with E-state index in [0.29, 0.717) is 22.5 Å². The number of hydrogen-bond donors (Lipinski definition) is 2. The van der Waals surface area contributed by atoms with Crippen LogP contribution in [0.3, 0.4) is 0 Å². The van der Waals surface area contributed by atoms with E-state index in [-0.39, 0.29) is 22.4 Å². The van der Waals surface area contributed by atoms with Crippen molar-refractivity contribution in [1.29, 1.82) is 0 Å². The molecule has 1 fully saturated rings. The molecule has 0 saturated carbocycles. The number of para-hydroxylation sites is 1. The molecule has 3 aromatic rings. The monoisotopic (exact) mass is 463 g/mol. The highest BCUT2D eigenvalue weighted by molar-refractivity contribution is 5.94. The molecule has 2 N–H and O–H groups in total. The lowest BCUT2D eigenvalue weighted by atomic mass is 9.83. The highest BCUT2D eigenvalue weighted by Crippen LogP contribution is 2.35. The second kappa shape index (κ2) is 9.05. The molecule has 0 bridgehead atoms. The van der Waals surface area contributed by atoms with Crippen LogP contribution < -0.4 is 20.5 Å². The fraction of sp³-hybridized carbons (Fsp3) is 0.407. The minimum atomic E-state index is -0.996. The largest absolute Gasteiger partial charge is 0.478 e. The molecule has 34 heavy (non-hydrogen) atoms. The molecule has 1 aliphatic heterocycles. The minimum absolute atomic E-state index is 0.0795. The molecule has 0 aliphatic carbocycles. The van der Waals surface area contributed by atoms with Crippen molar-refractivity contribution in [3.63, 3.8) is 0 Å². The maximum atomic E-state index is 13.2. The van der Waals surface area contributed by atoms with E-state index in [0.717, 1.165) is 37.2 Å². The van der Waals surface area contributed by atoms with Crippen molar-refractivity contribution in [2.45, 2.75) is 39.7 Å². The number of anilines is 3. The molecule has 1 saturated heterocycles. The number of nitrogens with zero attached hydrogens (tertiary/aromatic N) is 2. The second-order valence-electron chi connectivity index (χ2n) is 10.1. The van der Waals surface area contributed by atoms with Gasteiger partial charge < -0.3 is 24.6 Å². The smallest absolute Gasteiger partial charge is 0.337 e. The number of carbonyl (C=O) groups is 1. The molecule has 0 amide bonds. The Labute approximate surface area is 200 Å². The number of nitrogens with one attached hydrogen (secondary N) is 1. The van der Waals surface area contributed by atoms with Crippen LogP contribution in [0.5, 0.6) is 0 Å². The van der Waals surface area contributed by atoms with Gasteiger partial charge in [0.15, 0.2) is 11.3 Å². The average Bonchev–Trinajstić information content (AvgIpc) is 2.78. The van der Waals surface area contributed by atoms with Crippen LogP contribution in [-0.4, -0.2) is 38.3 Å². The van der Waals surface area contributed by atoms with Crippen molar-refractivity contribution < 1.29 is 14.3 Å². The van der Waals surface area contributed by atoms with Gasteiger partial charge in [0.1, 0.15) is 5.58 Å². The van der Waals surface area contributed by atoms with Crippen LogP contribution in [-0.2, 0) is 0 Å². The number of fused-ring (bicyclic) bond motifs is 1. The number of benzene rings is 2. The lowest BCUT2D eigenvalue weighted by Gasteiger charge is -2.37. The van der Waals surface area contributed by atoms with Crippen molar-refractivity contribution in [2.75, 3.05) is 42.3 Å². The van der Waals surface area contributed by atoms with Crippen LogP contribution in [0.2, 0.25) is 0 Å². The number of aromatic carboxylic acids is 1. The van der Waals surface area contributed by atoms with Crippen molar-refractivity contribution in [3.05, 3.63) is 63.8 Å². The average molecular weight is 464 g/mol. The van der Waals surface area contributed by atoms with Crippen molar-refractivity contribution >= 4 is 34.2 Å². The number of rotatable bonds is 6. The van der Waals surface area contributed by atoms with Crippen LogP contribution in [0.4, 0.5) is 17.3 Å². The van der Waals surface area contributed by atoms with Gasteiger partial charge in [0.05, 0.1) is 17.0 Å². The van der Waals surface area contributed by atoms with Crippen LogP contribution in [0, 0.1) is 5.41 Å². The summed E-state index contributed by atoms with van der Waals surface area (Å²) in [5.41, 5.74) is 3.13. The SMILES string of the molecule is C[C@@H](Nc1ccccc1C(=O)O)c1cc(N(C)C)cc2c(=O)cc(N3CCC(C)(C)CC3)oc12. The number of piperidine rings is 1. The molecule has 0 unspecified atom stereocenters. The summed E-state index contributed by atoms with van der Waals surface area (Å²) in [6.07, 6.45) is 2.07. The van der Waals surface area contributed by atoms with Gasteiger partial charge >= 0.3 is 5.97 Å². The van der Waals surface area contributed by atoms with Crippen molar-refractivity contribution in [1.82, 2.24) is 0 Å². The lowest BCUT2D eigenvalue weighted by Crippen LogP contribution is -2.37. The van der Waals surface area contributed by atoms with E-state index in [1.54, 1.807) is 30.3 Å². The third-order valence-corrected chi connectivity index (χ3v) is 6.77. The van der Waals surface area contributed by atoms with Gasteiger partial charge in [-0.25, -0.2) is 4.79 Å². The Balaban J connectivity index is 1.80. The highest BCUT2D eigenvalue weighted by Gasteiger charge is 2.27. The normalized spacial score (nSPS) is 16.3. The lowest BCUT2D eigenvalue weighted by molar-refractivity contribution is 0.0698. The standard InChI is InChI=1S/C27H33N3O4/c1-17(28-22-9-7-6-8-19(22)26(32)33)20-14-18(29(4)5)15-21-23(31)16-24(34-25(20)21)30-12-10-27(2,3)11-13-30/h6-9,14-17,28H,10-13H2,1-5H3,(H,32,33)/t17-/m1/s1. The van der Waals surface area contributed by atoms with E-state index in [9.17, 15) is 14.7 Å². The van der Waals surface area contributed by atoms with Crippen molar-refractivity contribution in [2.24, 2.45) is 5.41 Å². The minimum Gasteiger partial charge on any atom is -0.478 e. The molecular formula is C27H33N3O4. The van der Waals surface area contributed by atoms with E-state index in [4.69, 9.17) is 4.42 Å². The summed E-state index contributed by atoms with van der Waals surface area (Å²) < 4.78 is 6.40. The summed E-state index contributed by atoms with van der Waals surface area (Å²) in [4.78, 5) is 29.0. The summed E-state index contributed by atoms with van der Waals surface area (Å²) in [6.45, 7) is 8.16. The molecule has 1 aromatic heterocycles. The first-order chi connectivity index (χ1) is 16.1. The molecule has 4 rings (SSSR count). The van der Waals surface area contributed by atoms with Gasteiger partial charge in [0.25, 0.3) is 0 Å². The fourth-order valence-electron chi connectivity index (χ4n) is 4.43. The van der Waals surface area contributed by atoms with Gasteiger partial charge in [-0.15, -0.1) is 0 Å². The third kappa shape index (κ3) is 4.74. The molecule has 7 heteroatoms. The Morgan fingerprint density at radius 1 is 1.15 bits per heavy atom. The third-order valence-electron chi connectivity index (χ3n) is 6.77. The van der Waals surface area contributed by atoms with Gasteiger partial charge in [0.2, 0.25) is 0 Å². The molecule has 180 valence electrons. The second-order valence-corrected chi connectivity index (χ2v) is 10.1. The van der Waals surface area contributed by atoms with E-state index in [1.807, 2.05) is 38.1 Å². The van der Waals surface area contributed by atoms with Crippen LogP contribution >= 0.6 is 0 Å². The molecule has 7 nitrogen and oxygen atoms in total. The Bertz CT molecular complexity index is 1270. The van der Waals surface area contributed by atoms with E-state index >= 15 is 0 Å². The van der Waals surface area contributed by atoms with Crippen LogP contribution in [0.1, 0.15) is 55.6 Å². The van der Waals surface area contributed by atoms with Gasteiger partial charge in [0, 0.05) is 50.2 Å². The summed E-state index contributed by atoms with van der Waals surface area (Å²) >= 11 is 0. The highest BCUT2D eigenvalue weighted by atomic mass is 16.4. The Morgan fingerprint density at radius 3 is 2.47 bits per heavy atom. The zero-order valence-corrected chi connectivity index (χ0v) is 20.5. The zero-order valence-electron chi connectivity index (χ0n) is 20.5. The molecular weight excluding hydrogens is 430 g/mol. The van der Waals surface area contributed by atoms with Crippen molar-refractivity contribution in [3.8, 4) is 0 Å². The summed E-state index contributed by atoms with van der Waals surface area (Å²) in [7, 11) is 3.85. The molecule has 2 heterocycles. The number of carboxylic acid groups (broad SMARTS) is 1. The van der Waals surface area contributed by atoms with Gasteiger partial charge in [-0.3, -0.25) is 4.79 Å².